The van der Waals surface area contributed by atoms with E-state index in [4.69, 9.17) is 11.6 Å². The molecule has 3 aromatic carbocycles. The van der Waals surface area contributed by atoms with Crippen LogP contribution >= 0.6 is 11.6 Å². The average molecular weight is 405 g/mol. The Morgan fingerprint density at radius 2 is 1.55 bits per heavy atom. The molecule has 0 spiro atoms. The van der Waals surface area contributed by atoms with Crippen LogP contribution in [0.4, 0.5) is 5.69 Å². The Morgan fingerprint density at radius 1 is 0.897 bits per heavy atom. The minimum absolute atomic E-state index is 0.0941. The summed E-state index contributed by atoms with van der Waals surface area (Å²) in [6.07, 6.45) is 0. The number of aromatic nitrogens is 3. The van der Waals surface area contributed by atoms with Crippen LogP contribution in [0.3, 0.4) is 0 Å². The van der Waals surface area contributed by atoms with Crippen molar-refractivity contribution in [3.63, 3.8) is 0 Å². The van der Waals surface area contributed by atoms with E-state index in [0.717, 1.165) is 4.80 Å². The van der Waals surface area contributed by atoms with Gasteiger partial charge in [-0.1, -0.05) is 66.2 Å². The van der Waals surface area contributed by atoms with Crippen LogP contribution in [0.2, 0.25) is 5.02 Å². The monoisotopic (exact) mass is 404 g/mol. The second-order valence-electron chi connectivity index (χ2n) is 6.13. The summed E-state index contributed by atoms with van der Waals surface area (Å²) in [6, 6.07) is 21.6. The lowest BCUT2D eigenvalue weighted by Crippen LogP contribution is -2.06. The highest BCUT2D eigenvalue weighted by atomic mass is 35.5. The van der Waals surface area contributed by atoms with E-state index in [-0.39, 0.29) is 22.9 Å². The standard InChI is InChI=1S/C21H13ClN4O3/c22-16-12-10-14(11-13-16)19-20(21(27)15-6-2-1-3-7-15)24-25(23-19)17-8-4-5-9-18(17)26(28)29/h1-13H. The van der Waals surface area contributed by atoms with Crippen LogP contribution in [0.1, 0.15) is 16.1 Å². The summed E-state index contributed by atoms with van der Waals surface area (Å²) in [5.74, 6) is -0.333. The van der Waals surface area contributed by atoms with Crippen molar-refractivity contribution in [2.24, 2.45) is 0 Å². The van der Waals surface area contributed by atoms with Crippen molar-refractivity contribution < 1.29 is 9.72 Å². The van der Waals surface area contributed by atoms with E-state index >= 15 is 0 Å². The van der Waals surface area contributed by atoms with Gasteiger partial charge in [0.25, 0.3) is 5.69 Å². The molecule has 0 bridgehead atoms. The first-order chi connectivity index (χ1) is 14.0. The third-order valence-corrected chi connectivity index (χ3v) is 4.53. The number of rotatable bonds is 5. The molecule has 0 aliphatic rings. The Bertz CT molecular complexity index is 1200. The van der Waals surface area contributed by atoms with E-state index in [1.54, 1.807) is 66.7 Å². The van der Waals surface area contributed by atoms with Gasteiger partial charge < -0.3 is 0 Å². The fraction of sp³-hybridized carbons (Fsp3) is 0. The fourth-order valence-electron chi connectivity index (χ4n) is 2.88. The molecule has 0 saturated carbocycles. The van der Waals surface area contributed by atoms with Crippen molar-refractivity contribution >= 4 is 23.1 Å². The van der Waals surface area contributed by atoms with Gasteiger partial charge in [-0.2, -0.15) is 0 Å². The molecular formula is C21H13ClN4O3. The molecule has 0 aliphatic heterocycles. The lowest BCUT2D eigenvalue weighted by atomic mass is 10.0. The zero-order valence-corrected chi connectivity index (χ0v) is 15.7. The highest BCUT2D eigenvalue weighted by Gasteiger charge is 2.24. The van der Waals surface area contributed by atoms with Crippen LogP contribution in [0.5, 0.6) is 0 Å². The molecule has 8 heteroatoms. The topological polar surface area (TPSA) is 90.9 Å². The Hall–Kier alpha value is -3.84. The SMILES string of the molecule is O=C(c1ccccc1)c1nn(-c2ccccc2[N+](=O)[O-])nc1-c1ccc(Cl)cc1. The third-order valence-electron chi connectivity index (χ3n) is 4.28. The number of nitro benzene ring substituents is 1. The fourth-order valence-corrected chi connectivity index (χ4v) is 3.01. The number of hydrogen-bond acceptors (Lipinski definition) is 5. The van der Waals surface area contributed by atoms with E-state index in [9.17, 15) is 14.9 Å². The molecule has 0 aliphatic carbocycles. The highest BCUT2D eigenvalue weighted by Crippen LogP contribution is 2.27. The third kappa shape index (κ3) is 3.63. The number of nitro groups is 1. The van der Waals surface area contributed by atoms with Crippen LogP contribution in [-0.4, -0.2) is 25.7 Å². The van der Waals surface area contributed by atoms with E-state index < -0.39 is 4.92 Å². The van der Waals surface area contributed by atoms with Gasteiger partial charge in [-0.25, -0.2) is 0 Å². The number of carbonyl (C=O) groups excluding carboxylic acids is 1. The number of carbonyl (C=O) groups is 1. The van der Waals surface area contributed by atoms with Gasteiger partial charge in [-0.15, -0.1) is 15.0 Å². The summed E-state index contributed by atoms with van der Waals surface area (Å²) in [5.41, 5.74) is 1.48. The lowest BCUT2D eigenvalue weighted by Gasteiger charge is -2.01. The molecular weight excluding hydrogens is 392 g/mol. The first kappa shape index (κ1) is 18.5. The highest BCUT2D eigenvalue weighted by molar-refractivity contribution is 6.30. The predicted molar refractivity (Wildman–Crippen MR) is 108 cm³/mol. The van der Waals surface area contributed by atoms with Crippen molar-refractivity contribution in [3.05, 3.63) is 105 Å². The van der Waals surface area contributed by atoms with Crippen LogP contribution in [0.15, 0.2) is 78.9 Å². The Kier molecular flexibility index (Phi) is 4.88. The Balaban J connectivity index is 1.91. The minimum Gasteiger partial charge on any atom is -0.287 e. The summed E-state index contributed by atoms with van der Waals surface area (Å²) < 4.78 is 0. The van der Waals surface area contributed by atoms with Crippen LogP contribution in [0, 0.1) is 10.1 Å². The summed E-state index contributed by atoms with van der Waals surface area (Å²) in [4.78, 5) is 25.1. The number of benzene rings is 3. The van der Waals surface area contributed by atoms with Gasteiger partial charge in [-0.05, 0) is 18.2 Å². The molecule has 0 N–H and O–H groups in total. The molecule has 29 heavy (non-hydrogen) atoms. The zero-order chi connectivity index (χ0) is 20.4. The molecule has 142 valence electrons. The smallest absolute Gasteiger partial charge is 0.287 e. The summed E-state index contributed by atoms with van der Waals surface area (Å²) in [7, 11) is 0. The predicted octanol–water partition coefficient (Wildman–Crippen LogP) is 4.73. The van der Waals surface area contributed by atoms with Gasteiger partial charge in [0, 0.05) is 22.2 Å². The quantitative estimate of drug-likeness (QED) is 0.272. The van der Waals surface area contributed by atoms with Crippen molar-refractivity contribution in [3.8, 4) is 16.9 Å². The first-order valence-corrected chi connectivity index (χ1v) is 8.99. The van der Waals surface area contributed by atoms with Crippen molar-refractivity contribution in [2.45, 2.75) is 0 Å². The molecule has 0 fully saturated rings. The van der Waals surface area contributed by atoms with Gasteiger partial charge in [0.1, 0.15) is 5.69 Å². The van der Waals surface area contributed by atoms with Crippen molar-refractivity contribution in [1.29, 1.82) is 0 Å². The molecule has 1 heterocycles. The minimum atomic E-state index is -0.515. The van der Waals surface area contributed by atoms with E-state index in [1.165, 1.54) is 12.1 Å². The maximum Gasteiger partial charge on any atom is 0.296 e. The second kappa shape index (κ2) is 7.65. The van der Waals surface area contributed by atoms with Crippen molar-refractivity contribution in [1.82, 2.24) is 15.0 Å². The second-order valence-corrected chi connectivity index (χ2v) is 6.57. The van der Waals surface area contributed by atoms with Crippen LogP contribution in [0.25, 0.3) is 16.9 Å². The zero-order valence-electron chi connectivity index (χ0n) is 14.9. The largest absolute Gasteiger partial charge is 0.296 e. The summed E-state index contributed by atoms with van der Waals surface area (Å²) in [6.45, 7) is 0. The number of nitrogens with zero attached hydrogens (tertiary/aromatic N) is 4. The first-order valence-electron chi connectivity index (χ1n) is 8.61. The Morgan fingerprint density at radius 3 is 2.24 bits per heavy atom. The van der Waals surface area contributed by atoms with Gasteiger partial charge in [0.2, 0.25) is 5.78 Å². The number of para-hydroxylation sites is 2. The molecule has 0 saturated heterocycles. The molecule has 0 unspecified atom stereocenters. The van der Waals surface area contributed by atoms with Crippen LogP contribution < -0.4 is 0 Å². The van der Waals surface area contributed by atoms with E-state index in [0.29, 0.717) is 21.8 Å². The normalized spacial score (nSPS) is 10.7. The maximum absolute atomic E-state index is 13.1. The van der Waals surface area contributed by atoms with E-state index in [1.807, 2.05) is 0 Å². The number of halogens is 1. The van der Waals surface area contributed by atoms with Gasteiger partial charge >= 0.3 is 0 Å². The average Bonchev–Trinajstić information content (AvgIpc) is 3.19. The molecule has 7 nitrogen and oxygen atoms in total. The van der Waals surface area contributed by atoms with Crippen molar-refractivity contribution in [2.75, 3.05) is 0 Å². The van der Waals surface area contributed by atoms with E-state index in [2.05, 4.69) is 10.2 Å². The lowest BCUT2D eigenvalue weighted by molar-refractivity contribution is -0.384. The molecule has 0 radical (unpaired) electrons. The number of hydrogen-bond donors (Lipinski definition) is 0. The summed E-state index contributed by atoms with van der Waals surface area (Å²) >= 11 is 5.97. The van der Waals surface area contributed by atoms with Gasteiger partial charge in [0.15, 0.2) is 11.4 Å². The molecule has 0 amide bonds. The molecule has 4 rings (SSSR count). The summed E-state index contributed by atoms with van der Waals surface area (Å²) in [5, 5.41) is 20.7. The molecule has 0 atom stereocenters. The van der Waals surface area contributed by atoms with Crippen LogP contribution in [-0.2, 0) is 0 Å². The molecule has 1 aromatic heterocycles. The Labute approximate surface area is 170 Å². The maximum atomic E-state index is 13.1. The number of ketones is 1. The van der Waals surface area contributed by atoms with Gasteiger partial charge in [0.05, 0.1) is 4.92 Å². The van der Waals surface area contributed by atoms with Gasteiger partial charge in [-0.3, -0.25) is 14.9 Å². The molecule has 4 aromatic rings.